The summed E-state index contributed by atoms with van der Waals surface area (Å²) in [6.07, 6.45) is 1.30. The van der Waals surface area contributed by atoms with Crippen molar-refractivity contribution in [2.75, 3.05) is 0 Å². The van der Waals surface area contributed by atoms with Gasteiger partial charge in [-0.05, 0) is 13.8 Å². The Labute approximate surface area is 105 Å². The van der Waals surface area contributed by atoms with Crippen LogP contribution in [0.4, 0.5) is 0 Å². The molecule has 2 aromatic rings. The molecule has 1 heterocycles. The highest BCUT2D eigenvalue weighted by Gasteiger charge is 1.79. The Morgan fingerprint density at radius 2 is 1.41 bits per heavy atom. The van der Waals surface area contributed by atoms with Gasteiger partial charge in [-0.1, -0.05) is 68.7 Å². The van der Waals surface area contributed by atoms with Gasteiger partial charge < -0.3 is 4.52 Å². The van der Waals surface area contributed by atoms with Crippen LogP contribution in [-0.2, 0) is 0 Å². The van der Waals surface area contributed by atoms with Crippen LogP contribution in [0, 0.1) is 13.8 Å². The third kappa shape index (κ3) is 12.3. The maximum atomic E-state index is 4.35. The Kier molecular flexibility index (Phi) is 15.0. The minimum Gasteiger partial charge on any atom is -0.343 e. The molecular formula is C14H24N2O. The number of aromatic nitrogens is 2. The highest BCUT2D eigenvalue weighted by molar-refractivity contribution is 5.11. The Morgan fingerprint density at radius 1 is 0.882 bits per heavy atom. The number of hydrogen-bond acceptors (Lipinski definition) is 3. The van der Waals surface area contributed by atoms with Crippen molar-refractivity contribution in [1.82, 2.24) is 10.1 Å². The summed E-state index contributed by atoms with van der Waals surface area (Å²) < 4.78 is 4.35. The van der Waals surface area contributed by atoms with Gasteiger partial charge in [0.2, 0.25) is 6.39 Å². The summed E-state index contributed by atoms with van der Waals surface area (Å²) in [5.41, 5.74) is 1.32. The van der Waals surface area contributed by atoms with E-state index >= 15 is 0 Å². The summed E-state index contributed by atoms with van der Waals surface area (Å²) >= 11 is 0. The molecule has 0 spiro atoms. The molecule has 0 aliphatic rings. The Morgan fingerprint density at radius 3 is 1.59 bits per heavy atom. The lowest BCUT2D eigenvalue weighted by atomic mass is 10.2. The maximum Gasteiger partial charge on any atom is 0.213 e. The van der Waals surface area contributed by atoms with Crippen molar-refractivity contribution in [3.05, 3.63) is 48.1 Å². The summed E-state index contributed by atoms with van der Waals surface area (Å²) in [7, 11) is 0. The number of benzene rings is 1. The van der Waals surface area contributed by atoms with Crippen LogP contribution < -0.4 is 0 Å². The van der Waals surface area contributed by atoms with Gasteiger partial charge in [-0.15, -0.1) is 0 Å². The zero-order chi connectivity index (χ0) is 13.5. The monoisotopic (exact) mass is 236 g/mol. The summed E-state index contributed by atoms with van der Waals surface area (Å²) in [6, 6.07) is 10.3. The van der Waals surface area contributed by atoms with E-state index in [0.717, 1.165) is 0 Å². The van der Waals surface area contributed by atoms with Crippen LogP contribution in [0.2, 0.25) is 0 Å². The number of nitrogens with zero attached hydrogens (tertiary/aromatic N) is 2. The molecule has 0 saturated carbocycles. The highest BCUT2D eigenvalue weighted by Crippen LogP contribution is 1.92. The molecular weight excluding hydrogens is 212 g/mol. The minimum absolute atomic E-state index is 0.676. The van der Waals surface area contributed by atoms with Crippen LogP contribution in [0.15, 0.2) is 41.2 Å². The zero-order valence-electron chi connectivity index (χ0n) is 11.8. The van der Waals surface area contributed by atoms with Gasteiger partial charge >= 0.3 is 0 Å². The predicted octanol–water partition coefficient (Wildman–Crippen LogP) is 4.43. The molecule has 0 aliphatic carbocycles. The van der Waals surface area contributed by atoms with Crippen molar-refractivity contribution >= 4 is 0 Å². The number of hydrogen-bond donors (Lipinski definition) is 0. The van der Waals surface area contributed by atoms with Crippen molar-refractivity contribution in [2.45, 2.75) is 41.5 Å². The van der Waals surface area contributed by atoms with Crippen LogP contribution in [0.25, 0.3) is 0 Å². The van der Waals surface area contributed by atoms with Gasteiger partial charge in [0.1, 0.15) is 0 Å². The van der Waals surface area contributed by atoms with Crippen LogP contribution in [0.3, 0.4) is 0 Å². The van der Waals surface area contributed by atoms with Gasteiger partial charge in [-0.25, -0.2) is 0 Å². The van der Waals surface area contributed by atoms with Gasteiger partial charge in [0.05, 0.1) is 0 Å². The smallest absolute Gasteiger partial charge is 0.213 e. The van der Waals surface area contributed by atoms with E-state index in [0.29, 0.717) is 5.82 Å². The molecule has 0 fully saturated rings. The van der Waals surface area contributed by atoms with Crippen molar-refractivity contribution in [3.63, 3.8) is 0 Å². The van der Waals surface area contributed by atoms with Crippen LogP contribution >= 0.6 is 0 Å². The van der Waals surface area contributed by atoms with E-state index in [1.165, 1.54) is 12.0 Å². The standard InChI is InChI=1S/C7H8.C3H4N2O.2C2H6/c1-7-5-3-2-4-6-7;1-3-4-2-6-5-3;2*1-2/h2-6H,1H3;2H,1H3;2*1-2H3. The summed E-state index contributed by atoms with van der Waals surface area (Å²) in [4.78, 5) is 3.64. The summed E-state index contributed by atoms with van der Waals surface area (Å²) in [6.45, 7) is 11.9. The SMILES string of the molecule is CC.CC.Cc1ccccc1.Cc1ncon1. The van der Waals surface area contributed by atoms with Crippen LogP contribution in [0.1, 0.15) is 39.1 Å². The fourth-order valence-corrected chi connectivity index (χ4v) is 0.758. The van der Waals surface area contributed by atoms with Gasteiger partial charge in [0.25, 0.3) is 0 Å². The highest BCUT2D eigenvalue weighted by atomic mass is 16.5. The van der Waals surface area contributed by atoms with Crippen LogP contribution in [0.5, 0.6) is 0 Å². The molecule has 0 N–H and O–H groups in total. The summed E-state index contributed by atoms with van der Waals surface area (Å²) in [5, 5.41) is 3.43. The van der Waals surface area contributed by atoms with Crippen molar-refractivity contribution in [2.24, 2.45) is 0 Å². The first kappa shape index (κ1) is 17.7. The largest absolute Gasteiger partial charge is 0.343 e. The van der Waals surface area contributed by atoms with E-state index in [9.17, 15) is 0 Å². The Balaban J connectivity index is 0. The number of rotatable bonds is 0. The first-order valence-electron chi connectivity index (χ1n) is 6.03. The lowest BCUT2D eigenvalue weighted by Gasteiger charge is -1.82. The van der Waals surface area contributed by atoms with Crippen molar-refractivity contribution in [1.29, 1.82) is 0 Å². The minimum atomic E-state index is 0.676. The normalized spacial score (nSPS) is 7.41. The molecule has 1 aromatic heterocycles. The second kappa shape index (κ2) is 14.4. The molecule has 0 aliphatic heterocycles. The molecule has 0 radical (unpaired) electrons. The van der Waals surface area contributed by atoms with E-state index in [1.807, 2.05) is 45.9 Å². The topological polar surface area (TPSA) is 38.9 Å². The molecule has 0 saturated heterocycles. The van der Waals surface area contributed by atoms with Gasteiger partial charge in [0, 0.05) is 0 Å². The third-order valence-electron chi connectivity index (χ3n) is 1.41. The van der Waals surface area contributed by atoms with Gasteiger partial charge in [0.15, 0.2) is 5.82 Å². The van der Waals surface area contributed by atoms with E-state index < -0.39 is 0 Å². The quantitative estimate of drug-likeness (QED) is 0.679. The molecule has 0 unspecified atom stereocenters. The molecule has 0 bridgehead atoms. The van der Waals surface area contributed by atoms with Crippen molar-refractivity contribution < 1.29 is 4.52 Å². The Hall–Kier alpha value is -1.64. The van der Waals surface area contributed by atoms with Gasteiger partial charge in [-0.3, -0.25) is 0 Å². The second-order valence-corrected chi connectivity index (χ2v) is 2.63. The third-order valence-corrected chi connectivity index (χ3v) is 1.41. The van der Waals surface area contributed by atoms with Crippen LogP contribution in [-0.4, -0.2) is 10.1 Å². The van der Waals surface area contributed by atoms with Crippen molar-refractivity contribution in [3.8, 4) is 0 Å². The first-order valence-corrected chi connectivity index (χ1v) is 6.03. The van der Waals surface area contributed by atoms with E-state index in [-0.39, 0.29) is 0 Å². The maximum absolute atomic E-state index is 4.35. The van der Waals surface area contributed by atoms with Gasteiger partial charge in [-0.2, -0.15) is 4.98 Å². The molecule has 3 heteroatoms. The lowest BCUT2D eigenvalue weighted by molar-refractivity contribution is 0.412. The average molecular weight is 236 g/mol. The van der Waals surface area contributed by atoms with E-state index in [4.69, 9.17) is 0 Å². The molecule has 0 atom stereocenters. The summed E-state index contributed by atoms with van der Waals surface area (Å²) in [5.74, 6) is 0.676. The Bertz CT molecular complexity index is 317. The molecule has 1 aromatic carbocycles. The molecule has 0 amide bonds. The lowest BCUT2D eigenvalue weighted by Crippen LogP contribution is -1.66. The molecule has 17 heavy (non-hydrogen) atoms. The molecule has 3 nitrogen and oxygen atoms in total. The fraction of sp³-hybridized carbons (Fsp3) is 0.429. The molecule has 96 valence electrons. The first-order chi connectivity index (χ1) is 8.29. The fourth-order valence-electron chi connectivity index (χ4n) is 0.758. The zero-order valence-corrected chi connectivity index (χ0v) is 11.8. The second-order valence-electron chi connectivity index (χ2n) is 2.63. The number of aryl methyl sites for hydroxylation is 2. The van der Waals surface area contributed by atoms with E-state index in [2.05, 4.69) is 33.7 Å². The average Bonchev–Trinajstić information content (AvgIpc) is 2.87. The predicted molar refractivity (Wildman–Crippen MR) is 72.9 cm³/mol. The molecule has 2 rings (SSSR count). The van der Waals surface area contributed by atoms with E-state index in [1.54, 1.807) is 6.92 Å².